The lowest BCUT2D eigenvalue weighted by Gasteiger charge is -2.19. The Morgan fingerprint density at radius 1 is 1.18 bits per heavy atom. The Hall–Kier alpha value is -1.41. The molecule has 0 spiro atoms. The molecule has 0 saturated heterocycles. The summed E-state index contributed by atoms with van der Waals surface area (Å²) in [6, 6.07) is 9.22. The zero-order valence-corrected chi connectivity index (χ0v) is 14.5. The first-order valence-electron chi connectivity index (χ1n) is 8.60. The van der Waals surface area contributed by atoms with Crippen LogP contribution in [0.15, 0.2) is 24.3 Å². The molecule has 1 heterocycles. The number of hydrogen-bond acceptors (Lipinski definition) is 2. The third-order valence-electron chi connectivity index (χ3n) is 6.00. The predicted octanol–water partition coefficient (Wildman–Crippen LogP) is 4.24. The van der Waals surface area contributed by atoms with E-state index in [1.807, 2.05) is 7.05 Å². The van der Waals surface area contributed by atoms with Crippen molar-refractivity contribution in [2.75, 3.05) is 13.6 Å². The highest BCUT2D eigenvalue weighted by Crippen LogP contribution is 2.61. The van der Waals surface area contributed by atoms with Crippen LogP contribution in [0, 0.1) is 18.8 Å². The monoisotopic (exact) mass is 296 g/mol. The van der Waals surface area contributed by atoms with Crippen LogP contribution in [0.3, 0.4) is 0 Å². The minimum absolute atomic E-state index is 0.354. The molecule has 1 aromatic carbocycles. The third-order valence-corrected chi connectivity index (χ3v) is 6.00. The second-order valence-electron chi connectivity index (χ2n) is 6.98. The van der Waals surface area contributed by atoms with Crippen LogP contribution in [0.1, 0.15) is 44.0 Å². The molecule has 118 valence electrons. The second-order valence-corrected chi connectivity index (χ2v) is 6.98. The smallest absolute Gasteiger partial charge is 0.0708 e. The van der Waals surface area contributed by atoms with Gasteiger partial charge in [0.15, 0.2) is 0 Å². The molecule has 1 fully saturated rings. The summed E-state index contributed by atoms with van der Waals surface area (Å²) in [5.41, 5.74) is 5.55. The normalized spacial score (nSPS) is 27.3. The highest BCUT2D eigenvalue weighted by molar-refractivity contribution is 5.83. The van der Waals surface area contributed by atoms with Crippen molar-refractivity contribution in [2.45, 2.75) is 46.0 Å². The van der Waals surface area contributed by atoms with Crippen molar-refractivity contribution < 1.29 is 0 Å². The molecule has 2 atom stereocenters. The SMILES string of the molecule is CCc1cc(C)nc2ccc(C3(CCNC)C(C)C3C)cc12. The molecule has 1 aliphatic carbocycles. The summed E-state index contributed by atoms with van der Waals surface area (Å²) in [5.74, 6) is 1.53. The number of aromatic nitrogens is 1. The minimum Gasteiger partial charge on any atom is -0.320 e. The van der Waals surface area contributed by atoms with Crippen LogP contribution >= 0.6 is 0 Å². The van der Waals surface area contributed by atoms with Crippen LogP contribution in [0.25, 0.3) is 10.9 Å². The molecule has 0 radical (unpaired) electrons. The van der Waals surface area contributed by atoms with E-state index in [2.05, 4.69) is 57.3 Å². The van der Waals surface area contributed by atoms with Gasteiger partial charge >= 0.3 is 0 Å². The van der Waals surface area contributed by atoms with Gasteiger partial charge in [-0.2, -0.15) is 0 Å². The van der Waals surface area contributed by atoms with Crippen molar-refractivity contribution >= 4 is 10.9 Å². The summed E-state index contributed by atoms with van der Waals surface area (Å²) in [5, 5.41) is 4.68. The van der Waals surface area contributed by atoms with Crippen LogP contribution in [0.5, 0.6) is 0 Å². The maximum absolute atomic E-state index is 4.72. The van der Waals surface area contributed by atoms with E-state index in [0.717, 1.165) is 36.0 Å². The number of benzene rings is 1. The largest absolute Gasteiger partial charge is 0.320 e. The molecule has 2 aromatic rings. The molecule has 2 unspecified atom stereocenters. The van der Waals surface area contributed by atoms with Crippen molar-refractivity contribution in [1.29, 1.82) is 0 Å². The van der Waals surface area contributed by atoms with E-state index >= 15 is 0 Å². The van der Waals surface area contributed by atoms with Crippen LogP contribution in [-0.4, -0.2) is 18.6 Å². The Morgan fingerprint density at radius 2 is 1.91 bits per heavy atom. The fraction of sp³-hybridized carbons (Fsp3) is 0.550. The number of aryl methyl sites for hydroxylation is 2. The van der Waals surface area contributed by atoms with Gasteiger partial charge in [0.2, 0.25) is 0 Å². The molecule has 1 aromatic heterocycles. The lowest BCUT2D eigenvalue weighted by atomic mass is 9.87. The average Bonchev–Trinajstić information content (AvgIpc) is 3.05. The van der Waals surface area contributed by atoms with Crippen molar-refractivity contribution in [3.8, 4) is 0 Å². The maximum Gasteiger partial charge on any atom is 0.0708 e. The van der Waals surface area contributed by atoms with Crippen LogP contribution in [-0.2, 0) is 11.8 Å². The average molecular weight is 296 g/mol. The summed E-state index contributed by atoms with van der Waals surface area (Å²) in [4.78, 5) is 4.72. The first-order chi connectivity index (χ1) is 10.5. The number of fused-ring (bicyclic) bond motifs is 1. The Labute approximate surface area is 134 Å². The van der Waals surface area contributed by atoms with Gasteiger partial charge in [0.25, 0.3) is 0 Å². The van der Waals surface area contributed by atoms with E-state index in [1.165, 1.54) is 22.9 Å². The van der Waals surface area contributed by atoms with Gasteiger partial charge < -0.3 is 5.32 Å². The first-order valence-corrected chi connectivity index (χ1v) is 8.60. The summed E-state index contributed by atoms with van der Waals surface area (Å²) < 4.78 is 0. The lowest BCUT2D eigenvalue weighted by molar-refractivity contribution is 0.533. The van der Waals surface area contributed by atoms with E-state index in [1.54, 1.807) is 0 Å². The Balaban J connectivity index is 2.10. The number of hydrogen-bond donors (Lipinski definition) is 1. The van der Waals surface area contributed by atoms with Gasteiger partial charge in [0.1, 0.15) is 0 Å². The number of rotatable bonds is 5. The van der Waals surface area contributed by atoms with Gasteiger partial charge in [0, 0.05) is 16.5 Å². The van der Waals surface area contributed by atoms with Gasteiger partial charge in [-0.3, -0.25) is 4.98 Å². The van der Waals surface area contributed by atoms with Crippen molar-refractivity contribution in [2.24, 2.45) is 11.8 Å². The molecule has 1 saturated carbocycles. The lowest BCUT2D eigenvalue weighted by Crippen LogP contribution is -2.19. The first kappa shape index (κ1) is 15.5. The van der Waals surface area contributed by atoms with Gasteiger partial charge in [-0.1, -0.05) is 26.8 Å². The van der Waals surface area contributed by atoms with E-state index in [-0.39, 0.29) is 0 Å². The highest BCUT2D eigenvalue weighted by Gasteiger charge is 2.59. The van der Waals surface area contributed by atoms with Crippen molar-refractivity contribution in [1.82, 2.24) is 10.3 Å². The molecule has 2 heteroatoms. The molecule has 0 bridgehead atoms. The maximum atomic E-state index is 4.72. The van der Waals surface area contributed by atoms with Gasteiger partial charge in [-0.25, -0.2) is 0 Å². The van der Waals surface area contributed by atoms with E-state index < -0.39 is 0 Å². The van der Waals surface area contributed by atoms with Crippen LogP contribution in [0.2, 0.25) is 0 Å². The Kier molecular flexibility index (Phi) is 3.98. The third kappa shape index (κ3) is 2.25. The van der Waals surface area contributed by atoms with Gasteiger partial charge in [0.05, 0.1) is 5.52 Å². The molecule has 0 aliphatic heterocycles. The molecular weight excluding hydrogens is 268 g/mol. The van der Waals surface area contributed by atoms with E-state index in [4.69, 9.17) is 4.98 Å². The molecule has 2 nitrogen and oxygen atoms in total. The topological polar surface area (TPSA) is 24.9 Å². The summed E-state index contributed by atoms with van der Waals surface area (Å²) >= 11 is 0. The quantitative estimate of drug-likeness (QED) is 0.892. The molecule has 0 amide bonds. The predicted molar refractivity (Wildman–Crippen MR) is 94.4 cm³/mol. The summed E-state index contributed by atoms with van der Waals surface area (Å²) in [6.07, 6.45) is 2.29. The number of nitrogens with zero attached hydrogens (tertiary/aromatic N) is 1. The summed E-state index contributed by atoms with van der Waals surface area (Å²) in [6.45, 7) is 10.2. The van der Waals surface area contributed by atoms with Gasteiger partial charge in [-0.05, 0) is 74.5 Å². The van der Waals surface area contributed by atoms with Crippen LogP contribution in [0.4, 0.5) is 0 Å². The molecule has 3 rings (SSSR count). The Morgan fingerprint density at radius 3 is 2.50 bits per heavy atom. The Bertz CT molecular complexity index is 681. The van der Waals surface area contributed by atoms with Crippen LogP contribution < -0.4 is 5.32 Å². The second kappa shape index (κ2) is 5.66. The number of nitrogens with one attached hydrogen (secondary N) is 1. The molecule has 22 heavy (non-hydrogen) atoms. The molecular formula is C20H28N2. The fourth-order valence-electron chi connectivity index (χ4n) is 4.34. The number of pyridine rings is 1. The van der Waals surface area contributed by atoms with Gasteiger partial charge in [-0.15, -0.1) is 0 Å². The van der Waals surface area contributed by atoms with E-state index in [9.17, 15) is 0 Å². The molecule has 1 aliphatic rings. The highest BCUT2D eigenvalue weighted by atomic mass is 14.8. The zero-order chi connectivity index (χ0) is 15.9. The fourth-order valence-corrected chi connectivity index (χ4v) is 4.34. The van der Waals surface area contributed by atoms with E-state index in [0.29, 0.717) is 5.41 Å². The van der Waals surface area contributed by atoms with Crippen molar-refractivity contribution in [3.05, 3.63) is 41.1 Å². The minimum atomic E-state index is 0.354. The summed E-state index contributed by atoms with van der Waals surface area (Å²) in [7, 11) is 2.05. The van der Waals surface area contributed by atoms with Crippen molar-refractivity contribution in [3.63, 3.8) is 0 Å². The molecule has 1 N–H and O–H groups in total. The zero-order valence-electron chi connectivity index (χ0n) is 14.5. The standard InChI is InChI=1S/C20H28N2/c1-6-16-11-13(2)22-19-8-7-17(12-18(16)19)20(9-10-21-5)14(3)15(20)4/h7-8,11-12,14-15,21H,6,9-10H2,1-5H3.